The lowest BCUT2D eigenvalue weighted by Gasteiger charge is -2.19. The molecule has 0 spiro atoms. The molecule has 3 unspecified atom stereocenters. The van der Waals surface area contributed by atoms with Crippen molar-refractivity contribution in [2.75, 3.05) is 6.61 Å². The van der Waals surface area contributed by atoms with Crippen LogP contribution in [-0.2, 0) is 26.0 Å². The molecule has 31 heavy (non-hydrogen) atoms. The number of ether oxygens (including phenoxy) is 2. The van der Waals surface area contributed by atoms with Gasteiger partial charge in [-0.2, -0.15) is 0 Å². The van der Waals surface area contributed by atoms with Crippen molar-refractivity contribution >= 4 is 27.2 Å². The van der Waals surface area contributed by atoms with E-state index in [-0.39, 0.29) is 11.5 Å². The first kappa shape index (κ1) is 21.2. The number of carbonyl (C=O) groups excluding carboxylic acids is 1. The normalized spacial score (nSPS) is 21.2. The molecule has 9 heteroatoms. The summed E-state index contributed by atoms with van der Waals surface area (Å²) in [7, 11) is -3.83. The van der Waals surface area contributed by atoms with Gasteiger partial charge in [0, 0.05) is 16.6 Å². The van der Waals surface area contributed by atoms with Crippen molar-refractivity contribution in [3.8, 4) is 5.75 Å². The van der Waals surface area contributed by atoms with Gasteiger partial charge in [-0.25, -0.2) is 8.42 Å². The van der Waals surface area contributed by atoms with E-state index in [1.54, 1.807) is 12.1 Å². The molecule has 1 aliphatic heterocycles. The minimum atomic E-state index is -3.83. The van der Waals surface area contributed by atoms with E-state index in [0.717, 1.165) is 22.2 Å². The number of fused-ring (bicyclic) bond motifs is 1. The second-order valence-corrected chi connectivity index (χ2v) is 9.48. The highest BCUT2D eigenvalue weighted by Crippen LogP contribution is 2.27. The third-order valence-electron chi connectivity index (χ3n) is 5.27. The predicted octanol–water partition coefficient (Wildman–Crippen LogP) is 1.73. The summed E-state index contributed by atoms with van der Waals surface area (Å²) in [6, 6.07) is 14.8. The fourth-order valence-electron chi connectivity index (χ4n) is 3.71. The van der Waals surface area contributed by atoms with E-state index in [1.165, 1.54) is 12.1 Å². The van der Waals surface area contributed by atoms with Gasteiger partial charge in [-0.1, -0.05) is 18.2 Å². The zero-order valence-corrected chi connectivity index (χ0v) is 17.6. The van der Waals surface area contributed by atoms with Crippen LogP contribution in [0.1, 0.15) is 11.3 Å². The molecule has 3 atom stereocenters. The van der Waals surface area contributed by atoms with Crippen LogP contribution in [-0.4, -0.2) is 49.1 Å². The molecular weight excluding hydrogens is 420 g/mol. The summed E-state index contributed by atoms with van der Waals surface area (Å²) in [5, 5.41) is 12.0. The van der Waals surface area contributed by atoms with Crippen LogP contribution in [0.2, 0.25) is 0 Å². The number of aliphatic hydroxyl groups excluding tert-OH is 1. The summed E-state index contributed by atoms with van der Waals surface area (Å²) >= 11 is 0. The van der Waals surface area contributed by atoms with Gasteiger partial charge in [0.25, 0.3) is 0 Å². The molecule has 162 valence electrons. The summed E-state index contributed by atoms with van der Waals surface area (Å²) in [6.45, 7) is 2.03. The Morgan fingerprint density at radius 3 is 2.71 bits per heavy atom. The summed E-state index contributed by atoms with van der Waals surface area (Å²) in [4.78, 5) is 15.3. The van der Waals surface area contributed by atoms with Crippen LogP contribution >= 0.6 is 0 Å². The van der Waals surface area contributed by atoms with Crippen molar-refractivity contribution in [2.24, 2.45) is 0 Å². The van der Waals surface area contributed by atoms with Gasteiger partial charge in [-0.15, -0.1) is 0 Å². The van der Waals surface area contributed by atoms with Crippen molar-refractivity contribution in [3.63, 3.8) is 0 Å². The van der Waals surface area contributed by atoms with Crippen molar-refractivity contribution in [1.82, 2.24) is 10.3 Å². The second kappa shape index (κ2) is 8.62. The summed E-state index contributed by atoms with van der Waals surface area (Å²) in [5.41, 5.74) is 2.76. The Labute approximate surface area is 179 Å². The molecule has 1 amide bonds. The molecule has 0 aliphatic carbocycles. The third kappa shape index (κ3) is 4.25. The smallest absolute Gasteiger partial charge is 0.207 e. The average molecular weight is 442 g/mol. The minimum absolute atomic E-state index is 0.0606. The first-order valence-electron chi connectivity index (χ1n) is 9.71. The van der Waals surface area contributed by atoms with Gasteiger partial charge < -0.3 is 19.9 Å². The Bertz CT molecular complexity index is 1200. The van der Waals surface area contributed by atoms with E-state index < -0.39 is 27.4 Å². The number of nitrogens with one attached hydrogen (secondary N) is 1. The number of pyridine rings is 1. The molecule has 2 N–H and O–H groups in total. The standard InChI is InChI=1S/C22H22N2O6S/c1-14-10-15(18-4-2-3-5-19(18)24-14)11-29-16-6-8-17(9-7-16)31(27,28)20-12-30-22(26)21(20)23-13-25/h2-10,13,20-22,26H,11-12H2,1H3,(H,23,25). The lowest BCUT2D eigenvalue weighted by Crippen LogP contribution is -2.46. The molecule has 3 aromatic rings. The summed E-state index contributed by atoms with van der Waals surface area (Å²) in [6.07, 6.45) is -1.02. The lowest BCUT2D eigenvalue weighted by molar-refractivity contribution is -0.114. The van der Waals surface area contributed by atoms with Gasteiger partial charge in [0.15, 0.2) is 16.1 Å². The number of aryl methyl sites for hydroxylation is 1. The molecule has 1 fully saturated rings. The van der Waals surface area contributed by atoms with E-state index >= 15 is 0 Å². The first-order chi connectivity index (χ1) is 14.9. The Hall–Kier alpha value is -3.01. The van der Waals surface area contributed by atoms with Crippen LogP contribution in [0.25, 0.3) is 10.9 Å². The molecule has 1 saturated heterocycles. The van der Waals surface area contributed by atoms with Crippen molar-refractivity contribution in [3.05, 3.63) is 65.9 Å². The predicted molar refractivity (Wildman–Crippen MR) is 113 cm³/mol. The zero-order chi connectivity index (χ0) is 22.0. The van der Waals surface area contributed by atoms with Crippen LogP contribution in [0.5, 0.6) is 5.75 Å². The molecule has 1 aliphatic rings. The number of benzene rings is 2. The van der Waals surface area contributed by atoms with E-state index in [0.29, 0.717) is 18.8 Å². The van der Waals surface area contributed by atoms with Crippen LogP contribution in [0.3, 0.4) is 0 Å². The van der Waals surface area contributed by atoms with Gasteiger partial charge in [0.2, 0.25) is 6.41 Å². The van der Waals surface area contributed by atoms with Crippen molar-refractivity contribution in [1.29, 1.82) is 0 Å². The molecule has 1 aromatic heterocycles. The number of aromatic nitrogens is 1. The monoisotopic (exact) mass is 442 g/mol. The Morgan fingerprint density at radius 1 is 1.23 bits per heavy atom. The number of amides is 1. The maximum Gasteiger partial charge on any atom is 0.207 e. The highest BCUT2D eigenvalue weighted by Gasteiger charge is 2.44. The number of nitrogens with zero attached hydrogens (tertiary/aromatic N) is 1. The SMILES string of the molecule is Cc1cc(COc2ccc(S(=O)(=O)C3COC(O)C3NC=O)cc2)c2ccccc2n1. The third-order valence-corrected chi connectivity index (χ3v) is 7.43. The molecule has 2 aromatic carbocycles. The quantitative estimate of drug-likeness (QED) is 0.536. The molecular formula is C22H22N2O6S. The topological polar surface area (TPSA) is 115 Å². The van der Waals surface area contributed by atoms with Crippen LogP contribution in [0, 0.1) is 6.92 Å². The van der Waals surface area contributed by atoms with Gasteiger partial charge in [-0.05, 0) is 43.3 Å². The van der Waals surface area contributed by atoms with Crippen LogP contribution in [0.4, 0.5) is 0 Å². The van der Waals surface area contributed by atoms with Gasteiger partial charge in [0.05, 0.1) is 23.1 Å². The second-order valence-electron chi connectivity index (χ2n) is 7.32. The van der Waals surface area contributed by atoms with Gasteiger partial charge >= 0.3 is 0 Å². The number of aliphatic hydroxyl groups is 1. The Kier molecular flexibility index (Phi) is 5.90. The average Bonchev–Trinajstić information content (AvgIpc) is 3.13. The van der Waals surface area contributed by atoms with E-state index in [2.05, 4.69) is 10.3 Å². The fourth-order valence-corrected chi connectivity index (χ4v) is 5.43. The van der Waals surface area contributed by atoms with E-state index in [9.17, 15) is 18.3 Å². The van der Waals surface area contributed by atoms with E-state index in [1.807, 2.05) is 37.3 Å². The minimum Gasteiger partial charge on any atom is -0.489 e. The molecule has 8 nitrogen and oxygen atoms in total. The molecule has 0 radical (unpaired) electrons. The number of para-hydroxylation sites is 1. The number of sulfone groups is 1. The fraction of sp³-hybridized carbons (Fsp3) is 0.273. The van der Waals surface area contributed by atoms with E-state index in [4.69, 9.17) is 9.47 Å². The maximum atomic E-state index is 12.9. The summed E-state index contributed by atoms with van der Waals surface area (Å²) < 4.78 is 36.8. The molecule has 2 heterocycles. The molecule has 4 rings (SSSR count). The zero-order valence-electron chi connectivity index (χ0n) is 16.8. The highest BCUT2D eigenvalue weighted by atomic mass is 32.2. The Balaban J connectivity index is 1.51. The Morgan fingerprint density at radius 2 is 1.97 bits per heavy atom. The van der Waals surface area contributed by atoms with Crippen molar-refractivity contribution < 1.29 is 27.8 Å². The lowest BCUT2D eigenvalue weighted by atomic mass is 10.1. The number of hydrogen-bond donors (Lipinski definition) is 2. The van der Waals surface area contributed by atoms with Crippen LogP contribution < -0.4 is 10.1 Å². The van der Waals surface area contributed by atoms with Gasteiger partial charge in [0.1, 0.15) is 17.6 Å². The molecule has 0 bridgehead atoms. The number of carbonyl (C=O) groups is 1. The summed E-state index contributed by atoms with van der Waals surface area (Å²) in [5.74, 6) is 0.516. The largest absolute Gasteiger partial charge is 0.489 e. The van der Waals surface area contributed by atoms with Crippen molar-refractivity contribution in [2.45, 2.75) is 36.0 Å². The van der Waals surface area contributed by atoms with Crippen LogP contribution in [0.15, 0.2) is 59.5 Å². The maximum absolute atomic E-state index is 12.9. The number of hydrogen-bond acceptors (Lipinski definition) is 7. The van der Waals surface area contributed by atoms with Gasteiger partial charge in [-0.3, -0.25) is 9.78 Å². The highest BCUT2D eigenvalue weighted by molar-refractivity contribution is 7.92. The first-order valence-corrected chi connectivity index (χ1v) is 11.3. The number of rotatable bonds is 7. The molecule has 0 saturated carbocycles.